The van der Waals surface area contributed by atoms with E-state index >= 15 is 0 Å². The fraction of sp³-hybridized carbons (Fsp3) is 0.818. The van der Waals surface area contributed by atoms with Gasteiger partial charge in [-0.15, -0.1) is 11.3 Å². The van der Waals surface area contributed by atoms with E-state index in [2.05, 4.69) is 41.3 Å². The maximum absolute atomic E-state index is 5.55. The molecule has 1 saturated carbocycles. The molecule has 1 aromatic rings. The normalized spacial score (nSPS) is 20.6. The lowest BCUT2D eigenvalue weighted by atomic mass is 9.73. The topological polar surface area (TPSA) is 61.8 Å². The van der Waals surface area contributed by atoms with Gasteiger partial charge < -0.3 is 15.4 Å². The van der Waals surface area contributed by atoms with Gasteiger partial charge in [-0.2, -0.15) is 0 Å². The number of aromatic nitrogens is 1. The van der Waals surface area contributed by atoms with E-state index in [1.165, 1.54) is 49.2 Å². The predicted octanol–water partition coefficient (Wildman–Crippen LogP) is 3.14. The predicted molar refractivity (Wildman–Crippen MR) is 122 cm³/mol. The van der Waals surface area contributed by atoms with Crippen molar-refractivity contribution < 1.29 is 4.74 Å². The van der Waals surface area contributed by atoms with Crippen LogP contribution in [-0.4, -0.2) is 68.3 Å². The molecule has 0 bridgehead atoms. The molecule has 0 radical (unpaired) electrons. The highest BCUT2D eigenvalue weighted by Crippen LogP contribution is 2.37. The molecule has 1 aliphatic carbocycles. The molecule has 2 aliphatic rings. The van der Waals surface area contributed by atoms with Crippen molar-refractivity contribution in [3.05, 3.63) is 15.6 Å². The van der Waals surface area contributed by atoms with Gasteiger partial charge in [-0.25, -0.2) is 4.98 Å². The van der Waals surface area contributed by atoms with Crippen LogP contribution in [0.5, 0.6) is 0 Å². The van der Waals surface area contributed by atoms with Crippen molar-refractivity contribution in [2.45, 2.75) is 59.3 Å². The molecule has 2 heterocycles. The summed E-state index contributed by atoms with van der Waals surface area (Å²) in [5.41, 5.74) is 1.49. The number of nitrogens with one attached hydrogen (secondary N) is 2. The van der Waals surface area contributed by atoms with Gasteiger partial charge in [0.15, 0.2) is 5.96 Å². The molecule has 1 saturated heterocycles. The summed E-state index contributed by atoms with van der Waals surface area (Å²) in [4.78, 5) is 13.6. The molecule has 6 nitrogen and oxygen atoms in total. The summed E-state index contributed by atoms with van der Waals surface area (Å²) in [7, 11) is 0. The number of hydrogen-bond donors (Lipinski definition) is 2. The number of aliphatic imine (C=N–C) groups is 1. The minimum Gasteiger partial charge on any atom is -0.379 e. The number of rotatable bonds is 8. The van der Waals surface area contributed by atoms with Gasteiger partial charge >= 0.3 is 0 Å². The Morgan fingerprint density at radius 2 is 1.93 bits per heavy atom. The zero-order valence-electron chi connectivity index (χ0n) is 18.6. The van der Waals surface area contributed by atoms with Crippen LogP contribution in [0.25, 0.3) is 0 Å². The first-order valence-corrected chi connectivity index (χ1v) is 12.2. The maximum Gasteiger partial charge on any atom is 0.191 e. The van der Waals surface area contributed by atoms with E-state index in [1.807, 2.05) is 11.3 Å². The van der Waals surface area contributed by atoms with Crippen LogP contribution in [0.2, 0.25) is 0 Å². The molecule has 0 amide bonds. The quantitative estimate of drug-likeness (QED) is 0.499. The first-order valence-electron chi connectivity index (χ1n) is 11.4. The fourth-order valence-corrected chi connectivity index (χ4v) is 5.53. The van der Waals surface area contributed by atoms with Crippen LogP contribution in [-0.2, 0) is 11.2 Å². The smallest absolute Gasteiger partial charge is 0.191 e. The number of guanidine groups is 1. The van der Waals surface area contributed by atoms with Crippen LogP contribution in [0.1, 0.15) is 54.6 Å². The van der Waals surface area contributed by atoms with Gasteiger partial charge in [-0.05, 0) is 33.6 Å². The van der Waals surface area contributed by atoms with Crippen molar-refractivity contribution in [1.82, 2.24) is 20.5 Å². The average molecular weight is 422 g/mol. The van der Waals surface area contributed by atoms with Gasteiger partial charge in [0.2, 0.25) is 0 Å². The van der Waals surface area contributed by atoms with Gasteiger partial charge in [-0.3, -0.25) is 9.89 Å². The number of morpholine rings is 1. The summed E-state index contributed by atoms with van der Waals surface area (Å²) in [6, 6.07) is 0. The Hall–Kier alpha value is -1.18. The number of thiazole rings is 1. The Balaban J connectivity index is 1.58. The van der Waals surface area contributed by atoms with E-state index in [4.69, 9.17) is 9.73 Å². The fourth-order valence-electron chi connectivity index (χ4n) is 4.59. The monoisotopic (exact) mass is 421 g/mol. The summed E-state index contributed by atoms with van der Waals surface area (Å²) < 4.78 is 5.55. The lowest BCUT2D eigenvalue weighted by molar-refractivity contribution is 0.00937. The molecule has 3 rings (SSSR count). The van der Waals surface area contributed by atoms with Gasteiger partial charge in [0.25, 0.3) is 0 Å². The molecule has 29 heavy (non-hydrogen) atoms. The van der Waals surface area contributed by atoms with E-state index in [-0.39, 0.29) is 0 Å². The molecule has 0 spiro atoms. The van der Waals surface area contributed by atoms with E-state index in [0.29, 0.717) is 5.41 Å². The molecule has 2 N–H and O–H groups in total. The third kappa shape index (κ3) is 6.93. The first-order chi connectivity index (χ1) is 14.1. The Bertz CT molecular complexity index is 648. The minimum atomic E-state index is 0.323. The Labute approximate surface area is 180 Å². The lowest BCUT2D eigenvalue weighted by Crippen LogP contribution is -2.46. The average Bonchev–Trinajstić information content (AvgIpc) is 3.05. The Kier molecular flexibility index (Phi) is 8.75. The van der Waals surface area contributed by atoms with Crippen molar-refractivity contribution >= 4 is 17.3 Å². The Morgan fingerprint density at radius 1 is 1.17 bits per heavy atom. The maximum atomic E-state index is 5.55. The van der Waals surface area contributed by atoms with Gasteiger partial charge in [0.05, 0.1) is 23.9 Å². The number of hydrogen-bond acceptors (Lipinski definition) is 5. The summed E-state index contributed by atoms with van der Waals surface area (Å²) in [5, 5.41) is 8.15. The molecular weight excluding hydrogens is 382 g/mol. The number of nitrogens with zero attached hydrogens (tertiary/aromatic N) is 3. The third-order valence-electron chi connectivity index (χ3n) is 6.14. The van der Waals surface area contributed by atoms with Crippen molar-refractivity contribution in [3.8, 4) is 0 Å². The van der Waals surface area contributed by atoms with Crippen LogP contribution < -0.4 is 10.6 Å². The van der Waals surface area contributed by atoms with Crippen LogP contribution in [0.3, 0.4) is 0 Å². The van der Waals surface area contributed by atoms with Crippen LogP contribution in [0.4, 0.5) is 0 Å². The molecule has 0 unspecified atom stereocenters. The molecule has 7 heteroatoms. The molecule has 0 aromatic carbocycles. The van der Waals surface area contributed by atoms with Crippen molar-refractivity contribution in [2.24, 2.45) is 10.4 Å². The van der Waals surface area contributed by atoms with E-state index in [0.717, 1.165) is 63.3 Å². The second-order valence-electron chi connectivity index (χ2n) is 8.56. The summed E-state index contributed by atoms with van der Waals surface area (Å²) in [6.07, 6.45) is 7.65. The molecule has 0 atom stereocenters. The van der Waals surface area contributed by atoms with E-state index in [9.17, 15) is 0 Å². The van der Waals surface area contributed by atoms with Crippen LogP contribution in [0, 0.1) is 19.3 Å². The molecular formula is C22H39N5OS. The highest BCUT2D eigenvalue weighted by atomic mass is 32.1. The molecule has 164 valence electrons. The number of ether oxygens (including phenoxy) is 1. The van der Waals surface area contributed by atoms with Gasteiger partial charge in [-0.1, -0.05) is 19.3 Å². The van der Waals surface area contributed by atoms with Crippen LogP contribution in [0.15, 0.2) is 4.99 Å². The highest BCUT2D eigenvalue weighted by Gasteiger charge is 2.34. The SMILES string of the molecule is CCNC(=NCC1(CN2CCOCC2)CCCCC1)NCCc1sc(C)nc1C. The second-order valence-corrected chi connectivity index (χ2v) is 9.85. The van der Waals surface area contributed by atoms with E-state index < -0.39 is 0 Å². The summed E-state index contributed by atoms with van der Waals surface area (Å²) in [6.45, 7) is 14.1. The summed E-state index contributed by atoms with van der Waals surface area (Å²) >= 11 is 1.81. The minimum absolute atomic E-state index is 0.323. The standard InChI is InChI=1S/C22H39N5OS/c1-4-23-21(24-11-8-20-18(2)26-19(3)29-20)25-16-22(9-6-5-7-10-22)17-27-12-14-28-15-13-27/h4-17H2,1-3H3,(H2,23,24,25). The van der Waals surface area contributed by atoms with Gasteiger partial charge in [0, 0.05) is 56.0 Å². The van der Waals surface area contributed by atoms with Crippen molar-refractivity contribution in [3.63, 3.8) is 0 Å². The highest BCUT2D eigenvalue weighted by molar-refractivity contribution is 7.11. The summed E-state index contributed by atoms with van der Waals surface area (Å²) in [5.74, 6) is 0.957. The third-order valence-corrected chi connectivity index (χ3v) is 7.27. The molecule has 2 fully saturated rings. The zero-order valence-corrected chi connectivity index (χ0v) is 19.4. The number of aryl methyl sites for hydroxylation is 2. The zero-order chi connectivity index (χ0) is 20.5. The molecule has 1 aliphatic heterocycles. The van der Waals surface area contributed by atoms with Crippen molar-refractivity contribution in [1.29, 1.82) is 0 Å². The second kappa shape index (κ2) is 11.3. The first kappa shape index (κ1) is 22.5. The largest absolute Gasteiger partial charge is 0.379 e. The van der Waals surface area contributed by atoms with E-state index in [1.54, 1.807) is 0 Å². The van der Waals surface area contributed by atoms with Crippen LogP contribution >= 0.6 is 11.3 Å². The molecule has 1 aromatic heterocycles. The van der Waals surface area contributed by atoms with Crippen molar-refractivity contribution in [2.75, 3.05) is 52.5 Å². The Morgan fingerprint density at radius 3 is 2.59 bits per heavy atom. The van der Waals surface area contributed by atoms with Gasteiger partial charge in [0.1, 0.15) is 0 Å². The lowest BCUT2D eigenvalue weighted by Gasteiger charge is -2.41.